The lowest BCUT2D eigenvalue weighted by atomic mass is 10.2. The van der Waals surface area contributed by atoms with Crippen LogP contribution in [0.1, 0.15) is 18.0 Å². The molecule has 2 heterocycles. The van der Waals surface area contributed by atoms with Crippen molar-refractivity contribution in [1.29, 1.82) is 0 Å². The zero-order valence-corrected chi connectivity index (χ0v) is 16.9. The summed E-state index contributed by atoms with van der Waals surface area (Å²) in [5.41, 5.74) is 2.02. The average Bonchev–Trinajstić information content (AvgIpc) is 3.20. The first-order valence-corrected chi connectivity index (χ1v) is 9.04. The van der Waals surface area contributed by atoms with Crippen molar-refractivity contribution in [2.45, 2.75) is 13.0 Å². The molecule has 3 aromatic rings. The minimum absolute atomic E-state index is 0.0578. The predicted octanol–water partition coefficient (Wildman–Crippen LogP) is 4.20. The van der Waals surface area contributed by atoms with Gasteiger partial charge in [0.05, 0.1) is 33.6 Å². The quantitative estimate of drug-likeness (QED) is 0.482. The van der Waals surface area contributed by atoms with Gasteiger partial charge in [0.2, 0.25) is 12.3 Å². The minimum atomic E-state index is -2.85. The first-order valence-electron chi connectivity index (χ1n) is 8.25. The van der Waals surface area contributed by atoms with Crippen LogP contribution < -0.4 is 9.80 Å². The fourth-order valence-electron chi connectivity index (χ4n) is 2.58. The predicted molar refractivity (Wildman–Crippen MR) is 103 cm³/mol. The Hall–Kier alpha value is -2.95. The van der Waals surface area contributed by atoms with Crippen LogP contribution in [-0.4, -0.2) is 35.7 Å². The van der Waals surface area contributed by atoms with Crippen LogP contribution >= 0.6 is 15.9 Å². The molecule has 0 aliphatic rings. The number of carbonyl (C=O) groups excluding carboxylic acids is 1. The summed E-state index contributed by atoms with van der Waals surface area (Å²) in [5, 5.41) is 6.85. The smallest absolute Gasteiger partial charge is 0.314 e. The Kier molecular flexibility index (Phi) is 6.16. The molecule has 0 unspecified atom stereocenters. The zero-order valence-electron chi connectivity index (χ0n) is 15.3. The lowest BCUT2D eigenvalue weighted by Crippen LogP contribution is -2.22. The highest BCUT2D eigenvalue weighted by Crippen LogP contribution is 2.33. The van der Waals surface area contributed by atoms with E-state index in [1.807, 2.05) is 0 Å². The molecule has 29 heavy (non-hydrogen) atoms. The number of rotatable bonds is 7. The Bertz CT molecular complexity index is 1010. The molecule has 152 valence electrons. The second-order valence-electron chi connectivity index (χ2n) is 6.11. The first kappa shape index (κ1) is 20.8. The Morgan fingerprint density at radius 1 is 1.21 bits per heavy atom. The monoisotopic (exact) mass is 469 g/mol. The largest absolute Gasteiger partial charge is 0.415 e. The van der Waals surface area contributed by atoms with Crippen molar-refractivity contribution in [3.05, 3.63) is 52.3 Å². The van der Waals surface area contributed by atoms with Crippen LogP contribution in [0.2, 0.25) is 0 Å². The minimum Gasteiger partial charge on any atom is -0.415 e. The van der Waals surface area contributed by atoms with Gasteiger partial charge in [-0.05, 0) is 34.1 Å². The summed E-state index contributed by atoms with van der Waals surface area (Å²) in [6.45, 7) is 0.299. The fraction of sp³-hybridized carbons (Fsp3) is 0.222. The maximum atomic E-state index is 14.1. The molecular weight excluding hydrogens is 455 g/mol. The normalized spacial score (nSPS) is 11.0. The lowest BCUT2D eigenvalue weighted by molar-refractivity contribution is -0.107. The van der Waals surface area contributed by atoms with E-state index in [4.69, 9.17) is 4.42 Å². The number of hydrogen-bond donors (Lipinski definition) is 0. The van der Waals surface area contributed by atoms with Gasteiger partial charge in [0.15, 0.2) is 0 Å². The van der Waals surface area contributed by atoms with Crippen molar-refractivity contribution in [3.63, 3.8) is 0 Å². The Morgan fingerprint density at radius 2 is 1.97 bits per heavy atom. The molecule has 0 bridgehead atoms. The van der Waals surface area contributed by atoms with Gasteiger partial charge in [-0.2, -0.15) is 8.78 Å². The summed E-state index contributed by atoms with van der Waals surface area (Å²) in [7, 11) is 3.29. The van der Waals surface area contributed by atoms with Crippen molar-refractivity contribution in [2.24, 2.45) is 0 Å². The number of anilines is 2. The van der Waals surface area contributed by atoms with Gasteiger partial charge < -0.3 is 14.2 Å². The van der Waals surface area contributed by atoms with E-state index in [-0.39, 0.29) is 10.4 Å². The number of halogens is 4. The van der Waals surface area contributed by atoms with Gasteiger partial charge in [0.25, 0.3) is 5.89 Å². The number of carbonyl (C=O) groups is 1. The molecule has 0 saturated heterocycles. The zero-order chi connectivity index (χ0) is 21.1. The Balaban J connectivity index is 1.81. The summed E-state index contributed by atoms with van der Waals surface area (Å²) < 4.78 is 44.3. The number of amides is 1. The van der Waals surface area contributed by atoms with Crippen LogP contribution in [0, 0.1) is 5.82 Å². The SMILES string of the molecule is CN(C=O)c1cc(Br)c(F)cc1N(C)Cc1ccc(-c2nnc(C(F)F)o2)cn1. The van der Waals surface area contributed by atoms with Crippen molar-refractivity contribution in [2.75, 3.05) is 23.9 Å². The van der Waals surface area contributed by atoms with Gasteiger partial charge in [-0.25, -0.2) is 4.39 Å². The van der Waals surface area contributed by atoms with Crippen molar-refractivity contribution in [1.82, 2.24) is 15.2 Å². The molecule has 7 nitrogen and oxygen atoms in total. The number of alkyl halides is 2. The van der Waals surface area contributed by atoms with Crippen LogP contribution in [0.15, 0.2) is 39.4 Å². The van der Waals surface area contributed by atoms with E-state index in [0.29, 0.717) is 35.6 Å². The van der Waals surface area contributed by atoms with E-state index in [9.17, 15) is 18.0 Å². The molecule has 1 amide bonds. The molecule has 1 aromatic carbocycles. The van der Waals surface area contributed by atoms with Crippen LogP contribution in [0.25, 0.3) is 11.5 Å². The number of aromatic nitrogens is 3. The topological polar surface area (TPSA) is 75.4 Å². The third kappa shape index (κ3) is 4.56. The third-order valence-electron chi connectivity index (χ3n) is 4.06. The molecule has 0 aliphatic heterocycles. The van der Waals surface area contributed by atoms with Crippen molar-refractivity contribution < 1.29 is 22.4 Å². The Morgan fingerprint density at radius 3 is 2.55 bits per heavy atom. The highest BCUT2D eigenvalue weighted by atomic mass is 79.9. The molecule has 0 spiro atoms. The molecule has 0 aliphatic carbocycles. The number of nitrogens with zero attached hydrogens (tertiary/aromatic N) is 5. The van der Waals surface area contributed by atoms with E-state index in [1.54, 1.807) is 31.1 Å². The highest BCUT2D eigenvalue weighted by molar-refractivity contribution is 9.10. The van der Waals surface area contributed by atoms with Crippen LogP contribution in [0.3, 0.4) is 0 Å². The number of pyridine rings is 1. The van der Waals surface area contributed by atoms with E-state index in [1.165, 1.54) is 23.2 Å². The standard InChI is InChI=1S/C18H15BrF3N5O2/c1-26(15-6-13(20)12(19)5-14(15)27(2)9-28)8-11-4-3-10(7-23-11)17-24-25-18(29-17)16(21)22/h3-7,9,16H,8H2,1-2H3. The molecule has 11 heteroatoms. The second-order valence-corrected chi connectivity index (χ2v) is 6.97. The van der Waals surface area contributed by atoms with Crippen LogP contribution in [0.5, 0.6) is 0 Å². The summed E-state index contributed by atoms with van der Waals surface area (Å²) in [6, 6.07) is 6.11. The maximum Gasteiger partial charge on any atom is 0.314 e. The molecule has 3 rings (SSSR count). The molecule has 0 fully saturated rings. The molecular formula is C18H15BrF3N5O2. The van der Waals surface area contributed by atoms with Crippen molar-refractivity contribution in [3.8, 4) is 11.5 Å². The highest BCUT2D eigenvalue weighted by Gasteiger charge is 2.18. The van der Waals surface area contributed by atoms with Gasteiger partial charge in [-0.1, -0.05) is 0 Å². The van der Waals surface area contributed by atoms with Gasteiger partial charge in [-0.3, -0.25) is 9.78 Å². The average molecular weight is 470 g/mol. The summed E-state index contributed by atoms with van der Waals surface area (Å²) >= 11 is 3.12. The van der Waals surface area contributed by atoms with E-state index >= 15 is 0 Å². The van der Waals surface area contributed by atoms with E-state index in [0.717, 1.165) is 0 Å². The first-order chi connectivity index (χ1) is 13.8. The molecule has 0 atom stereocenters. The van der Waals surface area contributed by atoms with E-state index < -0.39 is 18.1 Å². The maximum absolute atomic E-state index is 14.1. The van der Waals surface area contributed by atoms with Crippen LogP contribution in [-0.2, 0) is 11.3 Å². The molecule has 2 aromatic heterocycles. The summed E-state index contributed by atoms with van der Waals surface area (Å²) in [6.07, 6.45) is -0.795. The lowest BCUT2D eigenvalue weighted by Gasteiger charge is -2.25. The fourth-order valence-corrected chi connectivity index (χ4v) is 2.91. The van der Waals surface area contributed by atoms with Gasteiger partial charge in [0.1, 0.15) is 5.82 Å². The second kappa shape index (κ2) is 8.60. The molecule has 0 saturated carbocycles. The van der Waals surface area contributed by atoms with Crippen molar-refractivity contribution >= 4 is 33.7 Å². The molecule has 0 radical (unpaired) electrons. The third-order valence-corrected chi connectivity index (χ3v) is 4.67. The molecule has 0 N–H and O–H groups in total. The van der Waals surface area contributed by atoms with Gasteiger partial charge in [-0.15, -0.1) is 10.2 Å². The van der Waals surface area contributed by atoms with Crippen LogP contribution in [0.4, 0.5) is 24.5 Å². The summed E-state index contributed by atoms with van der Waals surface area (Å²) in [5.74, 6) is -1.28. The number of hydrogen-bond acceptors (Lipinski definition) is 6. The van der Waals surface area contributed by atoms with Gasteiger partial charge in [0, 0.05) is 26.4 Å². The summed E-state index contributed by atoms with van der Waals surface area (Å²) in [4.78, 5) is 18.5. The van der Waals surface area contributed by atoms with E-state index in [2.05, 4.69) is 31.1 Å². The Labute approximate surface area is 172 Å². The number of benzene rings is 1. The van der Waals surface area contributed by atoms with Gasteiger partial charge >= 0.3 is 6.43 Å².